The maximum atomic E-state index is 12.8. The van der Waals surface area contributed by atoms with Crippen LogP contribution in [0.4, 0.5) is 0 Å². The van der Waals surface area contributed by atoms with Gasteiger partial charge in [0.25, 0.3) is 0 Å². The van der Waals surface area contributed by atoms with Crippen LogP contribution in [-0.4, -0.2) is 23.2 Å². The first-order valence-corrected chi connectivity index (χ1v) is 14.3. The number of ether oxygens (including phenoxy) is 1. The van der Waals surface area contributed by atoms with Crippen LogP contribution in [0, 0.1) is 5.92 Å². The van der Waals surface area contributed by atoms with E-state index in [1.165, 1.54) is 56.1 Å². The van der Waals surface area contributed by atoms with Crippen molar-refractivity contribution in [2.24, 2.45) is 5.92 Å². The lowest BCUT2D eigenvalue weighted by molar-refractivity contribution is -0.00637. The topological polar surface area (TPSA) is 38.3 Å². The van der Waals surface area contributed by atoms with Crippen molar-refractivity contribution in [2.75, 3.05) is 0 Å². The fourth-order valence-electron chi connectivity index (χ4n) is 6.09. The van der Waals surface area contributed by atoms with Crippen molar-refractivity contribution in [3.63, 3.8) is 0 Å². The van der Waals surface area contributed by atoms with Gasteiger partial charge in [0, 0.05) is 23.9 Å². The Hall–Kier alpha value is -2.13. The smallest absolute Gasteiger partial charge is 0.338 e. The number of nitrogens with one attached hydrogen (secondary N) is 1. The highest BCUT2D eigenvalue weighted by Crippen LogP contribution is 2.31. The summed E-state index contributed by atoms with van der Waals surface area (Å²) in [5, 5.41) is 3.64. The average molecular weight is 492 g/mol. The number of esters is 1. The summed E-state index contributed by atoms with van der Waals surface area (Å²) in [4.78, 5) is 12.8. The second-order valence-corrected chi connectivity index (χ2v) is 12.3. The predicted octanol–water partition coefficient (Wildman–Crippen LogP) is 8.75. The lowest BCUT2D eigenvalue weighted by Crippen LogP contribution is -2.59. The number of piperidine rings is 1. The van der Waals surface area contributed by atoms with E-state index in [9.17, 15) is 4.79 Å². The SMILES string of the molecule is CCCCCC(CCC)CCc1ccc(-c2ccc(C(=O)OC3CC(C)(C)NC(C)(C)C3)cc2)cc1. The van der Waals surface area contributed by atoms with Gasteiger partial charge in [-0.3, -0.25) is 0 Å². The lowest BCUT2D eigenvalue weighted by Gasteiger charge is -2.45. The highest BCUT2D eigenvalue weighted by molar-refractivity contribution is 5.90. The minimum Gasteiger partial charge on any atom is -0.459 e. The quantitative estimate of drug-likeness (QED) is 0.238. The molecule has 1 aliphatic heterocycles. The number of hydrogen-bond donors (Lipinski definition) is 1. The van der Waals surface area contributed by atoms with Gasteiger partial charge in [-0.05, 0) is 75.3 Å². The van der Waals surface area contributed by atoms with Crippen LogP contribution in [0.3, 0.4) is 0 Å². The second-order valence-electron chi connectivity index (χ2n) is 12.3. The molecule has 0 aliphatic carbocycles. The van der Waals surface area contributed by atoms with Crippen molar-refractivity contribution in [3.05, 3.63) is 59.7 Å². The third kappa shape index (κ3) is 8.76. The van der Waals surface area contributed by atoms with E-state index in [0.29, 0.717) is 5.56 Å². The molecule has 1 heterocycles. The normalized spacial score (nSPS) is 18.1. The molecule has 0 amide bonds. The van der Waals surface area contributed by atoms with E-state index in [4.69, 9.17) is 4.74 Å². The molecule has 3 rings (SSSR count). The molecule has 0 radical (unpaired) electrons. The van der Waals surface area contributed by atoms with E-state index in [0.717, 1.165) is 30.7 Å². The Bertz CT molecular complexity index is 927. The summed E-state index contributed by atoms with van der Waals surface area (Å²) in [7, 11) is 0. The molecule has 198 valence electrons. The predicted molar refractivity (Wildman–Crippen MR) is 152 cm³/mol. The van der Waals surface area contributed by atoms with Gasteiger partial charge in [0.1, 0.15) is 6.10 Å². The molecule has 0 bridgehead atoms. The van der Waals surface area contributed by atoms with E-state index in [-0.39, 0.29) is 23.2 Å². The van der Waals surface area contributed by atoms with Crippen molar-refractivity contribution in [1.82, 2.24) is 5.32 Å². The fourth-order valence-corrected chi connectivity index (χ4v) is 6.09. The Morgan fingerprint density at radius 1 is 0.833 bits per heavy atom. The van der Waals surface area contributed by atoms with Crippen LogP contribution in [0.15, 0.2) is 48.5 Å². The maximum Gasteiger partial charge on any atom is 0.338 e. The largest absolute Gasteiger partial charge is 0.459 e. The van der Waals surface area contributed by atoms with E-state index in [2.05, 4.69) is 71.1 Å². The number of carbonyl (C=O) groups excluding carboxylic acids is 1. The number of rotatable bonds is 12. The third-order valence-electron chi connectivity index (χ3n) is 7.59. The van der Waals surface area contributed by atoms with Crippen molar-refractivity contribution in [3.8, 4) is 11.1 Å². The highest BCUT2D eigenvalue weighted by atomic mass is 16.5. The summed E-state index contributed by atoms with van der Waals surface area (Å²) >= 11 is 0. The average Bonchev–Trinajstić information content (AvgIpc) is 2.81. The summed E-state index contributed by atoms with van der Waals surface area (Å²) in [6.07, 6.45) is 12.1. The molecule has 1 unspecified atom stereocenters. The number of hydrogen-bond acceptors (Lipinski definition) is 3. The van der Waals surface area contributed by atoms with Gasteiger partial charge in [-0.1, -0.05) is 88.8 Å². The van der Waals surface area contributed by atoms with Gasteiger partial charge in [-0.25, -0.2) is 4.79 Å². The molecule has 1 N–H and O–H groups in total. The fraction of sp³-hybridized carbons (Fsp3) is 0.606. The number of benzene rings is 2. The monoisotopic (exact) mass is 491 g/mol. The molecule has 2 aromatic carbocycles. The van der Waals surface area contributed by atoms with Gasteiger partial charge in [-0.2, -0.15) is 0 Å². The zero-order chi connectivity index (χ0) is 26.2. The Morgan fingerprint density at radius 3 is 1.97 bits per heavy atom. The standard InChI is InChI=1S/C33H49NO2/c1-7-9-10-12-25(11-8-2)13-14-26-15-17-27(18-16-26)28-19-21-29(22-20-28)31(35)36-30-23-32(3,4)34-33(5,6)24-30/h15-22,25,30,34H,7-14,23-24H2,1-6H3. The zero-order valence-electron chi connectivity index (χ0n) is 23.7. The molecular weight excluding hydrogens is 442 g/mol. The first-order valence-electron chi connectivity index (χ1n) is 14.3. The summed E-state index contributed by atoms with van der Waals surface area (Å²) < 4.78 is 5.93. The van der Waals surface area contributed by atoms with Gasteiger partial charge in [0.05, 0.1) is 5.56 Å². The second kappa shape index (κ2) is 12.9. The molecule has 2 aromatic rings. The summed E-state index contributed by atoms with van der Waals surface area (Å²) in [6.45, 7) is 13.3. The molecule has 3 heteroatoms. The van der Waals surface area contributed by atoms with E-state index >= 15 is 0 Å². The maximum absolute atomic E-state index is 12.8. The highest BCUT2D eigenvalue weighted by Gasteiger charge is 2.39. The number of carbonyl (C=O) groups is 1. The zero-order valence-corrected chi connectivity index (χ0v) is 23.7. The van der Waals surface area contributed by atoms with Gasteiger partial charge >= 0.3 is 5.97 Å². The Labute approximate surface area is 220 Å². The molecule has 0 spiro atoms. The van der Waals surface area contributed by atoms with Crippen molar-refractivity contribution in [2.45, 2.75) is 123 Å². The molecule has 36 heavy (non-hydrogen) atoms. The molecular formula is C33H49NO2. The van der Waals surface area contributed by atoms with Crippen LogP contribution in [0.2, 0.25) is 0 Å². The van der Waals surface area contributed by atoms with Crippen LogP contribution in [0.1, 0.15) is 115 Å². The molecule has 3 nitrogen and oxygen atoms in total. The molecule has 0 saturated carbocycles. The minimum absolute atomic E-state index is 0.0469. The first kappa shape index (κ1) is 28.4. The minimum atomic E-state index is -0.226. The van der Waals surface area contributed by atoms with Gasteiger partial charge < -0.3 is 10.1 Å². The van der Waals surface area contributed by atoms with E-state index < -0.39 is 0 Å². The number of aryl methyl sites for hydroxylation is 1. The van der Waals surface area contributed by atoms with Crippen LogP contribution in [0.25, 0.3) is 11.1 Å². The van der Waals surface area contributed by atoms with Crippen molar-refractivity contribution < 1.29 is 9.53 Å². The molecule has 1 saturated heterocycles. The van der Waals surface area contributed by atoms with Gasteiger partial charge in [0.2, 0.25) is 0 Å². The van der Waals surface area contributed by atoms with Crippen LogP contribution < -0.4 is 5.32 Å². The summed E-state index contributed by atoms with van der Waals surface area (Å²) in [5.41, 5.74) is 4.26. The first-order chi connectivity index (χ1) is 17.1. The van der Waals surface area contributed by atoms with Crippen molar-refractivity contribution in [1.29, 1.82) is 0 Å². The summed E-state index contributed by atoms with van der Waals surface area (Å²) in [5.74, 6) is 0.631. The molecule has 1 atom stereocenters. The summed E-state index contributed by atoms with van der Waals surface area (Å²) in [6, 6.07) is 16.8. The third-order valence-corrected chi connectivity index (χ3v) is 7.59. The van der Waals surface area contributed by atoms with Gasteiger partial charge in [-0.15, -0.1) is 0 Å². The Morgan fingerprint density at radius 2 is 1.42 bits per heavy atom. The Balaban J connectivity index is 1.55. The lowest BCUT2D eigenvalue weighted by atomic mass is 9.81. The molecule has 1 aliphatic rings. The van der Waals surface area contributed by atoms with E-state index in [1.807, 2.05) is 24.3 Å². The number of unbranched alkanes of at least 4 members (excludes halogenated alkanes) is 2. The van der Waals surface area contributed by atoms with E-state index in [1.54, 1.807) is 0 Å². The molecule has 1 fully saturated rings. The van der Waals surface area contributed by atoms with Gasteiger partial charge in [0.15, 0.2) is 0 Å². The molecule has 0 aromatic heterocycles. The van der Waals surface area contributed by atoms with Crippen LogP contribution in [0.5, 0.6) is 0 Å². The van der Waals surface area contributed by atoms with Crippen LogP contribution >= 0.6 is 0 Å². The van der Waals surface area contributed by atoms with Crippen molar-refractivity contribution >= 4 is 5.97 Å². The van der Waals surface area contributed by atoms with Crippen LogP contribution in [-0.2, 0) is 11.2 Å². The Kier molecular flexibility index (Phi) is 10.2.